The first-order valence-corrected chi connectivity index (χ1v) is 10.00. The van der Waals surface area contributed by atoms with E-state index in [1.807, 2.05) is 6.07 Å². The molecule has 1 saturated heterocycles. The Bertz CT molecular complexity index is 1060. The highest BCUT2D eigenvalue weighted by Crippen LogP contribution is 2.36. The summed E-state index contributed by atoms with van der Waals surface area (Å²) < 4.78 is 44.9. The quantitative estimate of drug-likeness (QED) is 0.669. The normalized spacial score (nSPS) is 16.2. The van der Waals surface area contributed by atoms with Crippen LogP contribution in [0.25, 0.3) is 0 Å². The zero-order chi connectivity index (χ0) is 23.3. The van der Waals surface area contributed by atoms with Gasteiger partial charge in [0.05, 0.1) is 22.1 Å². The van der Waals surface area contributed by atoms with E-state index in [-0.39, 0.29) is 22.9 Å². The number of benzene rings is 1. The molecule has 11 heteroatoms. The summed E-state index contributed by atoms with van der Waals surface area (Å²) in [4.78, 5) is 29.8. The first kappa shape index (κ1) is 23.3. The SMILES string of the molecule is N#Cc1ccc(NC(=O)COC(=O)C2CCCN(c3ncccc3C(F)(F)F)C2)cc1Cl. The van der Waals surface area contributed by atoms with Gasteiger partial charge in [-0.1, -0.05) is 11.6 Å². The Kier molecular flexibility index (Phi) is 7.20. The maximum absolute atomic E-state index is 13.3. The Hall–Kier alpha value is -3.32. The number of carbonyl (C=O) groups excluding carboxylic acids is 2. The molecule has 1 unspecified atom stereocenters. The Morgan fingerprint density at radius 1 is 1.34 bits per heavy atom. The smallest absolute Gasteiger partial charge is 0.419 e. The van der Waals surface area contributed by atoms with Crippen molar-refractivity contribution in [2.24, 2.45) is 5.92 Å². The molecule has 1 fully saturated rings. The van der Waals surface area contributed by atoms with Crippen molar-refractivity contribution in [2.75, 3.05) is 29.9 Å². The second-order valence-electron chi connectivity index (χ2n) is 7.12. The number of esters is 1. The molecule has 168 valence electrons. The van der Waals surface area contributed by atoms with E-state index < -0.39 is 36.1 Å². The van der Waals surface area contributed by atoms with Crippen molar-refractivity contribution in [3.05, 3.63) is 52.7 Å². The number of aromatic nitrogens is 1. The van der Waals surface area contributed by atoms with Gasteiger partial charge in [-0.15, -0.1) is 0 Å². The maximum Gasteiger partial charge on any atom is 0.419 e. The predicted molar refractivity (Wildman–Crippen MR) is 110 cm³/mol. The molecular formula is C21H18ClF3N4O3. The molecule has 0 spiro atoms. The van der Waals surface area contributed by atoms with Crippen LogP contribution < -0.4 is 10.2 Å². The Morgan fingerprint density at radius 2 is 2.12 bits per heavy atom. The van der Waals surface area contributed by atoms with Gasteiger partial charge in [0, 0.05) is 25.0 Å². The lowest BCUT2D eigenvalue weighted by atomic mass is 9.98. The first-order chi connectivity index (χ1) is 15.2. The van der Waals surface area contributed by atoms with Gasteiger partial charge in [0.25, 0.3) is 5.91 Å². The molecule has 1 amide bonds. The van der Waals surface area contributed by atoms with Gasteiger partial charge in [-0.2, -0.15) is 18.4 Å². The molecule has 2 heterocycles. The third kappa shape index (κ3) is 5.68. The molecule has 3 rings (SSSR count). The fraction of sp³-hybridized carbons (Fsp3) is 0.333. The summed E-state index contributed by atoms with van der Waals surface area (Å²) in [5, 5.41) is 11.5. The van der Waals surface area contributed by atoms with Crippen LogP contribution in [0.15, 0.2) is 36.5 Å². The second-order valence-corrected chi connectivity index (χ2v) is 7.53. The van der Waals surface area contributed by atoms with E-state index in [1.54, 1.807) is 0 Å². The summed E-state index contributed by atoms with van der Waals surface area (Å²) in [5.74, 6) is -2.21. The van der Waals surface area contributed by atoms with E-state index in [4.69, 9.17) is 21.6 Å². The van der Waals surface area contributed by atoms with E-state index in [1.165, 1.54) is 35.4 Å². The van der Waals surface area contributed by atoms with E-state index in [0.717, 1.165) is 6.07 Å². The third-order valence-corrected chi connectivity index (χ3v) is 5.18. The average molecular weight is 467 g/mol. The molecule has 0 saturated carbocycles. The minimum Gasteiger partial charge on any atom is -0.455 e. The number of nitrogens with one attached hydrogen (secondary N) is 1. The van der Waals surface area contributed by atoms with Gasteiger partial charge >= 0.3 is 12.1 Å². The van der Waals surface area contributed by atoms with Gasteiger partial charge in [0.2, 0.25) is 0 Å². The number of carbonyl (C=O) groups is 2. The molecule has 1 N–H and O–H groups in total. The lowest BCUT2D eigenvalue weighted by Crippen LogP contribution is -2.41. The predicted octanol–water partition coefficient (Wildman–Crippen LogP) is 4.02. The van der Waals surface area contributed by atoms with Crippen molar-refractivity contribution in [2.45, 2.75) is 19.0 Å². The molecule has 1 atom stereocenters. The van der Waals surface area contributed by atoms with Crippen LogP contribution in [0.3, 0.4) is 0 Å². The van der Waals surface area contributed by atoms with Crippen LogP contribution in [0.5, 0.6) is 0 Å². The molecule has 0 aliphatic carbocycles. The van der Waals surface area contributed by atoms with Gasteiger partial charge < -0.3 is 15.0 Å². The number of rotatable bonds is 5. The van der Waals surface area contributed by atoms with Crippen LogP contribution in [0, 0.1) is 17.2 Å². The van der Waals surface area contributed by atoms with Crippen LogP contribution >= 0.6 is 11.6 Å². The van der Waals surface area contributed by atoms with E-state index in [0.29, 0.717) is 25.1 Å². The van der Waals surface area contributed by atoms with Gasteiger partial charge in [-0.25, -0.2) is 4.98 Å². The number of nitriles is 1. The molecule has 1 aromatic carbocycles. The summed E-state index contributed by atoms with van der Waals surface area (Å²) in [6, 6.07) is 8.36. The Balaban J connectivity index is 1.57. The van der Waals surface area contributed by atoms with Crippen molar-refractivity contribution in [3.8, 4) is 6.07 Å². The van der Waals surface area contributed by atoms with Crippen LogP contribution in [0.4, 0.5) is 24.7 Å². The molecule has 7 nitrogen and oxygen atoms in total. The number of alkyl halides is 3. The number of amides is 1. The van der Waals surface area contributed by atoms with Gasteiger partial charge in [0.15, 0.2) is 6.61 Å². The van der Waals surface area contributed by atoms with Crippen molar-refractivity contribution in [1.82, 2.24) is 4.98 Å². The van der Waals surface area contributed by atoms with Crippen molar-refractivity contribution in [1.29, 1.82) is 5.26 Å². The Morgan fingerprint density at radius 3 is 2.81 bits per heavy atom. The Labute approximate surface area is 186 Å². The number of halogens is 4. The first-order valence-electron chi connectivity index (χ1n) is 9.62. The van der Waals surface area contributed by atoms with Gasteiger partial charge in [-0.3, -0.25) is 9.59 Å². The van der Waals surface area contributed by atoms with E-state index in [2.05, 4.69) is 10.3 Å². The second kappa shape index (κ2) is 9.87. The molecule has 1 aliphatic rings. The zero-order valence-corrected chi connectivity index (χ0v) is 17.4. The van der Waals surface area contributed by atoms with E-state index in [9.17, 15) is 22.8 Å². The highest BCUT2D eigenvalue weighted by molar-refractivity contribution is 6.32. The maximum atomic E-state index is 13.3. The largest absolute Gasteiger partial charge is 0.455 e. The molecule has 1 aliphatic heterocycles. The van der Waals surface area contributed by atoms with E-state index >= 15 is 0 Å². The van der Waals surface area contributed by atoms with Gasteiger partial charge in [0.1, 0.15) is 11.9 Å². The molecule has 0 bridgehead atoms. The summed E-state index contributed by atoms with van der Waals surface area (Å²) in [7, 11) is 0. The molecule has 2 aromatic rings. The molecule has 32 heavy (non-hydrogen) atoms. The standard InChI is InChI=1S/C21H18ClF3N4O3/c22-17-9-15(6-5-13(17)10-26)28-18(30)12-32-20(31)14-3-2-8-29(11-14)19-16(21(23,24)25)4-1-7-27-19/h1,4-7,9,14H,2-3,8,11-12H2,(H,28,30). The average Bonchev–Trinajstić information content (AvgIpc) is 2.77. The number of hydrogen-bond donors (Lipinski definition) is 1. The molecule has 1 aromatic heterocycles. The highest BCUT2D eigenvalue weighted by atomic mass is 35.5. The number of pyridine rings is 1. The number of hydrogen-bond acceptors (Lipinski definition) is 6. The summed E-state index contributed by atoms with van der Waals surface area (Å²) >= 11 is 5.91. The lowest BCUT2D eigenvalue weighted by Gasteiger charge is -2.33. The minimum atomic E-state index is -4.57. The third-order valence-electron chi connectivity index (χ3n) is 4.87. The zero-order valence-electron chi connectivity index (χ0n) is 16.7. The lowest BCUT2D eigenvalue weighted by molar-refractivity contribution is -0.151. The van der Waals surface area contributed by atoms with Crippen LogP contribution in [-0.2, 0) is 20.5 Å². The van der Waals surface area contributed by atoms with Crippen LogP contribution in [0.2, 0.25) is 5.02 Å². The molecular weight excluding hydrogens is 449 g/mol. The van der Waals surface area contributed by atoms with Crippen molar-refractivity contribution in [3.63, 3.8) is 0 Å². The molecule has 0 radical (unpaired) electrons. The summed E-state index contributed by atoms with van der Waals surface area (Å²) in [5.41, 5.74) is -0.289. The van der Waals surface area contributed by atoms with Crippen LogP contribution in [-0.4, -0.2) is 36.6 Å². The fourth-order valence-corrected chi connectivity index (χ4v) is 3.59. The monoisotopic (exact) mass is 466 g/mol. The van der Waals surface area contributed by atoms with Crippen molar-refractivity contribution < 1.29 is 27.5 Å². The van der Waals surface area contributed by atoms with Gasteiger partial charge in [-0.05, 0) is 43.2 Å². The van der Waals surface area contributed by atoms with Crippen molar-refractivity contribution >= 4 is 35.0 Å². The van der Waals surface area contributed by atoms with Crippen LogP contribution in [0.1, 0.15) is 24.0 Å². The minimum absolute atomic E-state index is 0.00573. The number of nitrogens with zero attached hydrogens (tertiary/aromatic N) is 3. The number of anilines is 2. The topological polar surface area (TPSA) is 95.3 Å². The summed E-state index contributed by atoms with van der Waals surface area (Å²) in [6.45, 7) is -0.236. The number of ether oxygens (including phenoxy) is 1. The summed E-state index contributed by atoms with van der Waals surface area (Å²) in [6.07, 6.45) is -2.39. The fourth-order valence-electron chi connectivity index (χ4n) is 3.37. The highest BCUT2D eigenvalue weighted by Gasteiger charge is 2.37. The number of piperidine rings is 1.